The highest BCUT2D eigenvalue weighted by Gasteiger charge is 2.20. The van der Waals surface area contributed by atoms with E-state index in [-0.39, 0.29) is 11.0 Å². The highest BCUT2D eigenvalue weighted by molar-refractivity contribution is 7.89. The van der Waals surface area contributed by atoms with Crippen molar-refractivity contribution in [3.05, 3.63) is 41.6 Å². The first kappa shape index (κ1) is 14.8. The van der Waals surface area contributed by atoms with E-state index in [2.05, 4.69) is 14.9 Å². The summed E-state index contributed by atoms with van der Waals surface area (Å²) in [5, 5.41) is 4.09. The second kappa shape index (κ2) is 5.56. The molecule has 0 saturated heterocycles. The predicted molar refractivity (Wildman–Crippen MR) is 78.7 cm³/mol. The molecule has 0 saturated carbocycles. The van der Waals surface area contributed by atoms with E-state index in [1.54, 1.807) is 24.3 Å². The van der Waals surface area contributed by atoms with E-state index in [4.69, 9.17) is 20.5 Å². The van der Waals surface area contributed by atoms with Gasteiger partial charge in [-0.2, -0.15) is 4.98 Å². The number of rotatable bonds is 4. The Hall–Kier alpha value is -2.16. The fourth-order valence-electron chi connectivity index (χ4n) is 1.76. The number of sulfonamides is 1. The van der Waals surface area contributed by atoms with Crippen LogP contribution in [0, 0.1) is 0 Å². The van der Waals surface area contributed by atoms with Crippen LogP contribution in [0.1, 0.15) is 0 Å². The summed E-state index contributed by atoms with van der Waals surface area (Å²) in [5.41, 5.74) is 0.977. The normalized spacial score (nSPS) is 11.7. The van der Waals surface area contributed by atoms with Gasteiger partial charge in [0.1, 0.15) is 6.26 Å². The Balaban J connectivity index is 1.97. The third-order valence-corrected chi connectivity index (χ3v) is 4.51. The highest BCUT2D eigenvalue weighted by Crippen LogP contribution is 2.28. The fraction of sp³-hybridized carbons (Fsp3) is 0.0769. The molecule has 1 aromatic carbocycles. The van der Waals surface area contributed by atoms with Crippen LogP contribution in [-0.4, -0.2) is 25.6 Å². The molecule has 114 valence electrons. The molecular weight excluding hydrogens is 330 g/mol. The van der Waals surface area contributed by atoms with E-state index >= 15 is 0 Å². The molecule has 3 aromatic rings. The Bertz CT molecular complexity index is 917. The van der Waals surface area contributed by atoms with Crippen LogP contribution in [0.25, 0.3) is 22.8 Å². The minimum atomic E-state index is -3.67. The average molecular weight is 340 g/mol. The molecule has 0 fully saturated rings. The van der Waals surface area contributed by atoms with Crippen molar-refractivity contribution in [3.63, 3.8) is 0 Å². The molecule has 0 bridgehead atoms. The van der Waals surface area contributed by atoms with Gasteiger partial charge in [-0.05, 0) is 19.2 Å². The summed E-state index contributed by atoms with van der Waals surface area (Å²) in [6, 6.07) is 8.35. The van der Waals surface area contributed by atoms with Gasteiger partial charge in [-0.1, -0.05) is 28.9 Å². The number of halogens is 1. The van der Waals surface area contributed by atoms with Gasteiger partial charge in [0.25, 0.3) is 15.9 Å². The predicted octanol–water partition coefficient (Wildman–Crippen LogP) is 2.56. The van der Waals surface area contributed by atoms with Gasteiger partial charge >= 0.3 is 0 Å². The first-order chi connectivity index (χ1) is 10.5. The number of furan rings is 1. The number of hydrogen-bond acceptors (Lipinski definition) is 6. The van der Waals surface area contributed by atoms with E-state index in [1.807, 2.05) is 0 Å². The number of nitrogens with zero attached hydrogens (tertiary/aromatic N) is 2. The standard InChI is InChI=1S/C13H10ClN3O4S/c1-15-22(18,19)11-6-8(7-20-11)13-16-12(17-21-13)9-4-2-3-5-10(9)14/h2-7,15H,1H3. The molecule has 0 aliphatic heterocycles. The zero-order valence-electron chi connectivity index (χ0n) is 11.3. The summed E-state index contributed by atoms with van der Waals surface area (Å²) in [5.74, 6) is 0.441. The molecule has 7 nitrogen and oxygen atoms in total. The maximum absolute atomic E-state index is 11.6. The Morgan fingerprint density at radius 3 is 2.77 bits per heavy atom. The summed E-state index contributed by atoms with van der Waals surface area (Å²) in [7, 11) is -2.37. The van der Waals surface area contributed by atoms with Gasteiger partial charge in [0.15, 0.2) is 0 Å². The summed E-state index contributed by atoms with van der Waals surface area (Å²) in [6.07, 6.45) is 1.23. The third kappa shape index (κ3) is 2.63. The van der Waals surface area contributed by atoms with Crippen LogP contribution in [0.4, 0.5) is 0 Å². The molecule has 0 radical (unpaired) electrons. The molecule has 0 aliphatic carbocycles. The number of benzene rings is 1. The van der Waals surface area contributed by atoms with E-state index in [0.29, 0.717) is 22.0 Å². The summed E-state index contributed by atoms with van der Waals surface area (Å²) in [4.78, 5) is 4.20. The molecule has 22 heavy (non-hydrogen) atoms. The summed E-state index contributed by atoms with van der Waals surface area (Å²) >= 11 is 6.07. The second-order valence-electron chi connectivity index (χ2n) is 4.26. The van der Waals surface area contributed by atoms with E-state index in [0.717, 1.165) is 0 Å². The van der Waals surface area contributed by atoms with E-state index in [1.165, 1.54) is 19.4 Å². The van der Waals surface area contributed by atoms with Gasteiger partial charge in [-0.15, -0.1) is 0 Å². The Labute approximate surface area is 131 Å². The van der Waals surface area contributed by atoms with Gasteiger partial charge in [0, 0.05) is 11.6 Å². The van der Waals surface area contributed by atoms with E-state index < -0.39 is 10.0 Å². The molecule has 2 aromatic heterocycles. The van der Waals surface area contributed by atoms with Crippen LogP contribution in [0.15, 0.2) is 50.6 Å². The smallest absolute Gasteiger partial charge is 0.273 e. The summed E-state index contributed by atoms with van der Waals surface area (Å²) in [6.45, 7) is 0. The first-order valence-electron chi connectivity index (χ1n) is 6.12. The Morgan fingerprint density at radius 2 is 2.05 bits per heavy atom. The van der Waals surface area contributed by atoms with Crippen molar-refractivity contribution >= 4 is 21.6 Å². The molecule has 0 spiro atoms. The lowest BCUT2D eigenvalue weighted by Crippen LogP contribution is -2.17. The van der Waals surface area contributed by atoms with Crippen molar-refractivity contribution in [1.29, 1.82) is 0 Å². The lowest BCUT2D eigenvalue weighted by atomic mass is 10.2. The van der Waals surface area contributed by atoms with Crippen molar-refractivity contribution in [2.75, 3.05) is 7.05 Å². The van der Waals surface area contributed by atoms with Crippen LogP contribution in [0.2, 0.25) is 5.02 Å². The minimum absolute atomic E-state index is 0.135. The highest BCUT2D eigenvalue weighted by atomic mass is 35.5. The molecule has 9 heteroatoms. The van der Waals surface area contributed by atoms with Gasteiger partial charge < -0.3 is 8.94 Å². The zero-order chi connectivity index (χ0) is 15.7. The van der Waals surface area contributed by atoms with Crippen LogP contribution in [-0.2, 0) is 10.0 Å². The molecule has 0 amide bonds. The third-order valence-electron chi connectivity index (χ3n) is 2.90. The van der Waals surface area contributed by atoms with Crippen LogP contribution in [0.5, 0.6) is 0 Å². The SMILES string of the molecule is CNS(=O)(=O)c1cc(-c2nc(-c3ccccc3Cl)no2)co1. The maximum Gasteiger partial charge on any atom is 0.273 e. The van der Waals surface area contributed by atoms with Crippen molar-refractivity contribution < 1.29 is 17.4 Å². The van der Waals surface area contributed by atoms with Gasteiger partial charge in [0.2, 0.25) is 10.9 Å². The van der Waals surface area contributed by atoms with Crippen molar-refractivity contribution in [2.24, 2.45) is 0 Å². The number of aromatic nitrogens is 2. The number of nitrogens with one attached hydrogen (secondary N) is 1. The first-order valence-corrected chi connectivity index (χ1v) is 7.98. The molecule has 0 aliphatic rings. The maximum atomic E-state index is 11.6. The van der Waals surface area contributed by atoms with Crippen LogP contribution < -0.4 is 4.72 Å². The summed E-state index contributed by atoms with van der Waals surface area (Å²) < 4.78 is 35.5. The van der Waals surface area contributed by atoms with Gasteiger partial charge in [-0.25, -0.2) is 13.1 Å². The van der Waals surface area contributed by atoms with Gasteiger partial charge in [-0.3, -0.25) is 0 Å². The van der Waals surface area contributed by atoms with Crippen molar-refractivity contribution in [3.8, 4) is 22.8 Å². The van der Waals surface area contributed by atoms with Crippen LogP contribution >= 0.6 is 11.6 Å². The monoisotopic (exact) mass is 339 g/mol. The minimum Gasteiger partial charge on any atom is -0.451 e. The van der Waals surface area contributed by atoms with Crippen LogP contribution in [0.3, 0.4) is 0 Å². The zero-order valence-corrected chi connectivity index (χ0v) is 12.9. The van der Waals surface area contributed by atoms with Gasteiger partial charge in [0.05, 0.1) is 10.6 Å². The molecular formula is C13H10ClN3O4S. The molecule has 0 unspecified atom stereocenters. The van der Waals surface area contributed by atoms with Crippen molar-refractivity contribution in [1.82, 2.24) is 14.9 Å². The quantitative estimate of drug-likeness (QED) is 0.784. The molecule has 1 N–H and O–H groups in total. The fourth-order valence-corrected chi connectivity index (χ4v) is 2.64. The topological polar surface area (TPSA) is 98.2 Å². The van der Waals surface area contributed by atoms with Crippen molar-refractivity contribution in [2.45, 2.75) is 5.09 Å². The largest absolute Gasteiger partial charge is 0.451 e. The average Bonchev–Trinajstić information content (AvgIpc) is 3.17. The molecule has 2 heterocycles. The lowest BCUT2D eigenvalue weighted by molar-refractivity contribution is 0.429. The second-order valence-corrected chi connectivity index (χ2v) is 6.49. The Morgan fingerprint density at radius 1 is 1.27 bits per heavy atom. The van der Waals surface area contributed by atoms with E-state index in [9.17, 15) is 8.42 Å². The molecule has 0 atom stereocenters. The number of hydrogen-bond donors (Lipinski definition) is 1. The Kier molecular flexibility index (Phi) is 3.73. The molecule has 3 rings (SSSR count). The lowest BCUT2D eigenvalue weighted by Gasteiger charge is -1.95.